The molecule has 0 aliphatic carbocycles. The topological polar surface area (TPSA) is 47.8 Å². The summed E-state index contributed by atoms with van der Waals surface area (Å²) in [6.07, 6.45) is 4.85. The van der Waals surface area contributed by atoms with Crippen LogP contribution in [-0.4, -0.2) is 20.5 Å². The number of aryl methyl sites for hydroxylation is 1. The summed E-state index contributed by atoms with van der Waals surface area (Å²) < 4.78 is 1.68. The molecule has 5 heteroatoms. The lowest BCUT2D eigenvalue weighted by Crippen LogP contribution is -2.04. The third kappa shape index (κ3) is 1.96. The number of carbonyl (C=O) groups excluding carboxylic acids is 1. The van der Waals surface area contributed by atoms with Crippen LogP contribution in [0, 0.1) is 13.8 Å². The summed E-state index contributed by atoms with van der Waals surface area (Å²) in [6, 6.07) is 0. The highest BCUT2D eigenvalue weighted by Crippen LogP contribution is 2.24. The van der Waals surface area contributed by atoms with Gasteiger partial charge in [0.15, 0.2) is 5.78 Å². The van der Waals surface area contributed by atoms with E-state index in [1.54, 1.807) is 23.3 Å². The van der Waals surface area contributed by atoms with Gasteiger partial charge in [0.05, 0.1) is 28.2 Å². The van der Waals surface area contributed by atoms with Crippen LogP contribution in [-0.2, 0) is 0 Å². The van der Waals surface area contributed by atoms with E-state index in [2.05, 4.69) is 10.1 Å². The molecule has 0 radical (unpaired) electrons. The minimum atomic E-state index is -0.00317. The summed E-state index contributed by atoms with van der Waals surface area (Å²) in [5, 5.41) is 4.73. The molecule has 2 rings (SSSR count). The number of pyridine rings is 1. The second-order valence-corrected chi connectivity index (χ2v) is 4.31. The minimum Gasteiger partial charge on any atom is -0.294 e. The Morgan fingerprint density at radius 3 is 2.53 bits per heavy atom. The molecule has 0 aliphatic rings. The van der Waals surface area contributed by atoms with Crippen molar-refractivity contribution in [1.82, 2.24) is 14.8 Å². The van der Waals surface area contributed by atoms with Gasteiger partial charge in [0.2, 0.25) is 0 Å². The van der Waals surface area contributed by atoms with Crippen molar-refractivity contribution >= 4 is 17.4 Å². The van der Waals surface area contributed by atoms with Gasteiger partial charge in [0.1, 0.15) is 0 Å². The number of hydrogen-bond donors (Lipinski definition) is 0. The van der Waals surface area contributed by atoms with Gasteiger partial charge in [-0.05, 0) is 26.3 Å². The van der Waals surface area contributed by atoms with E-state index < -0.39 is 0 Å². The lowest BCUT2D eigenvalue weighted by molar-refractivity contribution is 0.101. The van der Waals surface area contributed by atoms with Gasteiger partial charge >= 0.3 is 0 Å². The largest absolute Gasteiger partial charge is 0.294 e. The molecule has 17 heavy (non-hydrogen) atoms. The lowest BCUT2D eigenvalue weighted by atomic mass is 10.2. The van der Waals surface area contributed by atoms with E-state index in [9.17, 15) is 4.79 Å². The molecule has 0 saturated carbocycles. The molecule has 0 N–H and O–H groups in total. The second kappa shape index (κ2) is 4.30. The molecule has 0 amide bonds. The molecule has 88 valence electrons. The van der Waals surface area contributed by atoms with Crippen LogP contribution in [0.4, 0.5) is 0 Å². The van der Waals surface area contributed by atoms with Crippen molar-refractivity contribution in [2.24, 2.45) is 0 Å². The zero-order valence-electron chi connectivity index (χ0n) is 9.86. The molecule has 0 aromatic carbocycles. The Bertz CT molecular complexity index is 569. The van der Waals surface area contributed by atoms with Crippen LogP contribution < -0.4 is 0 Å². The van der Waals surface area contributed by atoms with Gasteiger partial charge in [-0.3, -0.25) is 9.78 Å². The van der Waals surface area contributed by atoms with Crippen molar-refractivity contribution in [3.8, 4) is 5.69 Å². The summed E-state index contributed by atoms with van der Waals surface area (Å²) in [5.74, 6) is -0.00317. The summed E-state index contributed by atoms with van der Waals surface area (Å²) in [7, 11) is 0. The zero-order chi connectivity index (χ0) is 12.6. The molecule has 0 fully saturated rings. The maximum absolute atomic E-state index is 11.4. The molecule has 0 spiro atoms. The number of ketones is 1. The first-order valence-electron chi connectivity index (χ1n) is 5.18. The number of aromatic nitrogens is 3. The fourth-order valence-electron chi connectivity index (χ4n) is 1.77. The molecule has 0 unspecified atom stereocenters. The Morgan fingerprint density at radius 1 is 1.29 bits per heavy atom. The van der Waals surface area contributed by atoms with E-state index in [-0.39, 0.29) is 5.78 Å². The zero-order valence-corrected chi connectivity index (χ0v) is 10.6. The molecular formula is C12H12ClN3O. The molecule has 2 heterocycles. The molecule has 0 bridgehead atoms. The quantitative estimate of drug-likeness (QED) is 0.769. The van der Waals surface area contributed by atoms with Crippen LogP contribution in [0.15, 0.2) is 18.6 Å². The van der Waals surface area contributed by atoms with Crippen LogP contribution >= 0.6 is 11.6 Å². The number of rotatable bonds is 2. The summed E-state index contributed by atoms with van der Waals surface area (Å²) in [6.45, 7) is 5.28. The summed E-state index contributed by atoms with van der Waals surface area (Å²) in [5.41, 5.74) is 3.08. The number of hydrogen-bond acceptors (Lipinski definition) is 3. The smallest absolute Gasteiger partial charge is 0.163 e. The van der Waals surface area contributed by atoms with E-state index >= 15 is 0 Å². The highest BCUT2D eigenvalue weighted by atomic mass is 35.5. The second-order valence-electron chi connectivity index (χ2n) is 3.90. The van der Waals surface area contributed by atoms with Gasteiger partial charge in [0, 0.05) is 12.4 Å². The first-order valence-corrected chi connectivity index (χ1v) is 5.56. The van der Waals surface area contributed by atoms with Crippen molar-refractivity contribution in [1.29, 1.82) is 0 Å². The average molecular weight is 250 g/mol. The van der Waals surface area contributed by atoms with Crippen molar-refractivity contribution in [3.63, 3.8) is 0 Å². The Balaban J connectivity index is 2.66. The van der Waals surface area contributed by atoms with E-state index in [0.29, 0.717) is 10.6 Å². The fraction of sp³-hybridized carbons (Fsp3) is 0.250. The Labute approximate surface area is 104 Å². The van der Waals surface area contributed by atoms with Crippen molar-refractivity contribution in [3.05, 3.63) is 40.4 Å². The van der Waals surface area contributed by atoms with Crippen molar-refractivity contribution in [2.75, 3.05) is 0 Å². The normalized spacial score (nSPS) is 10.6. The predicted molar refractivity (Wildman–Crippen MR) is 65.8 cm³/mol. The number of Topliss-reactive ketones (excluding diaryl/α,β-unsaturated/α-hetero) is 1. The summed E-state index contributed by atoms with van der Waals surface area (Å²) in [4.78, 5) is 15.4. The Morgan fingerprint density at radius 2 is 2.00 bits per heavy atom. The maximum atomic E-state index is 11.4. The van der Waals surface area contributed by atoms with E-state index in [1.807, 2.05) is 13.8 Å². The Hall–Kier alpha value is -1.68. The number of nitrogens with zero attached hydrogens (tertiary/aromatic N) is 3. The van der Waals surface area contributed by atoms with Gasteiger partial charge in [-0.15, -0.1) is 0 Å². The molecule has 4 nitrogen and oxygen atoms in total. The van der Waals surface area contributed by atoms with Gasteiger partial charge in [-0.25, -0.2) is 4.68 Å². The van der Waals surface area contributed by atoms with Crippen molar-refractivity contribution < 1.29 is 4.79 Å². The SMILES string of the molecule is CC(=O)c1cnn(-c2c(C)cncc2Cl)c1C. The van der Waals surface area contributed by atoms with Gasteiger partial charge in [-0.1, -0.05) is 11.6 Å². The monoisotopic (exact) mass is 249 g/mol. The fourth-order valence-corrected chi connectivity index (χ4v) is 2.06. The molecular weight excluding hydrogens is 238 g/mol. The van der Waals surface area contributed by atoms with Crippen LogP contribution in [0.1, 0.15) is 28.5 Å². The first-order chi connectivity index (χ1) is 8.02. The highest BCUT2D eigenvalue weighted by molar-refractivity contribution is 6.32. The van der Waals surface area contributed by atoms with Crippen LogP contribution in [0.25, 0.3) is 5.69 Å². The van der Waals surface area contributed by atoms with Gasteiger partial charge in [-0.2, -0.15) is 5.10 Å². The van der Waals surface area contributed by atoms with Gasteiger partial charge < -0.3 is 0 Å². The summed E-state index contributed by atoms with van der Waals surface area (Å²) >= 11 is 6.12. The molecule has 0 atom stereocenters. The van der Waals surface area contributed by atoms with E-state index in [0.717, 1.165) is 16.9 Å². The lowest BCUT2D eigenvalue weighted by Gasteiger charge is -2.09. The predicted octanol–water partition coefficient (Wildman–Crippen LogP) is 2.74. The molecule has 0 aliphatic heterocycles. The van der Waals surface area contributed by atoms with Crippen LogP contribution in [0.3, 0.4) is 0 Å². The average Bonchev–Trinajstić information content (AvgIpc) is 2.61. The van der Waals surface area contributed by atoms with E-state index in [4.69, 9.17) is 11.6 Å². The third-order valence-corrected chi connectivity index (χ3v) is 2.93. The first kappa shape index (κ1) is 11.8. The van der Waals surface area contributed by atoms with Crippen LogP contribution in [0.2, 0.25) is 5.02 Å². The molecule has 0 saturated heterocycles. The molecule has 2 aromatic heterocycles. The number of halogens is 1. The highest BCUT2D eigenvalue weighted by Gasteiger charge is 2.15. The van der Waals surface area contributed by atoms with Crippen molar-refractivity contribution in [2.45, 2.75) is 20.8 Å². The standard InChI is InChI=1S/C12H12ClN3O/c1-7-4-14-6-11(13)12(7)16-8(2)10(5-15-16)9(3)17/h4-6H,1-3H3. The van der Waals surface area contributed by atoms with E-state index in [1.165, 1.54) is 6.92 Å². The maximum Gasteiger partial charge on any atom is 0.163 e. The third-order valence-electron chi connectivity index (χ3n) is 2.66. The Kier molecular flexibility index (Phi) is 2.98. The number of carbonyl (C=O) groups is 1. The van der Waals surface area contributed by atoms with Gasteiger partial charge in [0.25, 0.3) is 0 Å². The van der Waals surface area contributed by atoms with Crippen LogP contribution in [0.5, 0.6) is 0 Å². The minimum absolute atomic E-state index is 0.00317. The molecule has 2 aromatic rings.